The molecule has 128 valence electrons. The zero-order valence-corrected chi connectivity index (χ0v) is 16.1. The van der Waals surface area contributed by atoms with E-state index >= 15 is 0 Å². The SMILES string of the molecule is CC(C)(C)OC(=O)NCC1CCCC1Nc1ccc(Br)c(Cl)c1. The molecule has 4 nitrogen and oxygen atoms in total. The highest BCUT2D eigenvalue weighted by Crippen LogP contribution is 2.31. The number of ether oxygens (including phenoxy) is 1. The fourth-order valence-electron chi connectivity index (χ4n) is 2.80. The number of carbonyl (C=O) groups is 1. The molecule has 2 unspecified atom stereocenters. The smallest absolute Gasteiger partial charge is 0.407 e. The molecule has 1 aliphatic rings. The minimum absolute atomic E-state index is 0.335. The fraction of sp³-hybridized carbons (Fsp3) is 0.588. The van der Waals surface area contributed by atoms with Gasteiger partial charge in [-0.15, -0.1) is 0 Å². The molecule has 0 heterocycles. The summed E-state index contributed by atoms with van der Waals surface area (Å²) in [6.45, 7) is 6.22. The Labute approximate surface area is 151 Å². The normalized spacial score (nSPS) is 21.1. The molecule has 1 saturated carbocycles. The molecule has 1 fully saturated rings. The van der Waals surface area contributed by atoms with Gasteiger partial charge in [0, 0.05) is 22.7 Å². The minimum Gasteiger partial charge on any atom is -0.444 e. The molecule has 0 aromatic heterocycles. The van der Waals surface area contributed by atoms with Gasteiger partial charge in [0.05, 0.1) is 5.02 Å². The van der Waals surface area contributed by atoms with Crippen LogP contribution in [0.2, 0.25) is 5.02 Å². The maximum atomic E-state index is 11.8. The molecule has 2 N–H and O–H groups in total. The molecule has 0 spiro atoms. The van der Waals surface area contributed by atoms with Gasteiger partial charge in [-0.2, -0.15) is 0 Å². The Bertz CT molecular complexity index is 560. The van der Waals surface area contributed by atoms with Crippen molar-refractivity contribution >= 4 is 39.3 Å². The lowest BCUT2D eigenvalue weighted by molar-refractivity contribution is 0.0519. The third-order valence-corrected chi connectivity index (χ3v) is 5.07. The van der Waals surface area contributed by atoms with Gasteiger partial charge >= 0.3 is 6.09 Å². The van der Waals surface area contributed by atoms with Gasteiger partial charge in [0.15, 0.2) is 0 Å². The van der Waals surface area contributed by atoms with Gasteiger partial charge in [0.1, 0.15) is 5.60 Å². The third kappa shape index (κ3) is 5.88. The molecule has 0 saturated heterocycles. The van der Waals surface area contributed by atoms with Gasteiger partial charge in [-0.05, 0) is 73.7 Å². The number of hydrogen-bond acceptors (Lipinski definition) is 3. The van der Waals surface area contributed by atoms with E-state index in [1.165, 1.54) is 0 Å². The number of carbonyl (C=O) groups excluding carboxylic acids is 1. The van der Waals surface area contributed by atoms with Gasteiger partial charge < -0.3 is 15.4 Å². The summed E-state index contributed by atoms with van der Waals surface area (Å²) < 4.78 is 6.18. The monoisotopic (exact) mass is 402 g/mol. The molecule has 1 aromatic rings. The van der Waals surface area contributed by atoms with E-state index in [0.717, 1.165) is 29.4 Å². The average molecular weight is 404 g/mol. The Kier molecular flexibility index (Phi) is 6.20. The Morgan fingerprint density at radius 3 is 2.78 bits per heavy atom. The summed E-state index contributed by atoms with van der Waals surface area (Å²) in [5, 5.41) is 7.11. The van der Waals surface area contributed by atoms with Crippen molar-refractivity contribution in [1.29, 1.82) is 0 Å². The van der Waals surface area contributed by atoms with Crippen molar-refractivity contribution in [3.05, 3.63) is 27.7 Å². The lowest BCUT2D eigenvalue weighted by Crippen LogP contribution is -2.38. The highest BCUT2D eigenvalue weighted by molar-refractivity contribution is 9.10. The lowest BCUT2D eigenvalue weighted by atomic mass is 10.0. The predicted octanol–water partition coefficient (Wildman–Crippen LogP) is 5.21. The van der Waals surface area contributed by atoms with Crippen LogP contribution in [0.25, 0.3) is 0 Å². The van der Waals surface area contributed by atoms with Crippen molar-refractivity contribution in [2.24, 2.45) is 5.92 Å². The number of hydrogen-bond donors (Lipinski definition) is 2. The summed E-state index contributed by atoms with van der Waals surface area (Å²) in [6, 6.07) is 6.20. The van der Waals surface area contributed by atoms with Crippen molar-refractivity contribution in [1.82, 2.24) is 5.32 Å². The van der Waals surface area contributed by atoms with E-state index in [4.69, 9.17) is 16.3 Å². The summed E-state index contributed by atoms with van der Waals surface area (Å²) in [4.78, 5) is 11.8. The van der Waals surface area contributed by atoms with Gasteiger partial charge in [0.25, 0.3) is 0 Å². The van der Waals surface area contributed by atoms with E-state index in [0.29, 0.717) is 23.5 Å². The summed E-state index contributed by atoms with van der Waals surface area (Å²) in [5.41, 5.74) is 0.540. The second-order valence-corrected chi connectivity index (χ2v) is 8.22. The second kappa shape index (κ2) is 7.75. The number of rotatable bonds is 4. The van der Waals surface area contributed by atoms with Crippen LogP contribution in [-0.2, 0) is 4.74 Å². The predicted molar refractivity (Wildman–Crippen MR) is 98.1 cm³/mol. The zero-order chi connectivity index (χ0) is 17.0. The molecule has 6 heteroatoms. The average Bonchev–Trinajstić information content (AvgIpc) is 2.86. The molecule has 1 amide bonds. The van der Waals surface area contributed by atoms with Crippen LogP contribution < -0.4 is 10.6 Å². The Morgan fingerprint density at radius 2 is 2.13 bits per heavy atom. The first-order valence-electron chi connectivity index (χ1n) is 7.93. The van der Waals surface area contributed by atoms with Crippen molar-refractivity contribution in [2.75, 3.05) is 11.9 Å². The molecule has 1 aromatic carbocycles. The standard InChI is InChI=1S/C17H24BrClN2O2/c1-17(2,3)23-16(22)20-10-11-5-4-6-15(11)21-12-7-8-13(18)14(19)9-12/h7-9,11,15,21H,4-6,10H2,1-3H3,(H,20,22). The van der Waals surface area contributed by atoms with Crippen molar-refractivity contribution in [2.45, 2.75) is 51.7 Å². The second-order valence-electron chi connectivity index (χ2n) is 6.95. The first kappa shape index (κ1) is 18.4. The van der Waals surface area contributed by atoms with Crippen LogP contribution in [0.5, 0.6) is 0 Å². The van der Waals surface area contributed by atoms with Crippen LogP contribution in [0, 0.1) is 5.92 Å². The minimum atomic E-state index is -0.467. The van der Waals surface area contributed by atoms with Crippen molar-refractivity contribution in [3.8, 4) is 0 Å². The lowest BCUT2D eigenvalue weighted by Gasteiger charge is -2.24. The van der Waals surface area contributed by atoms with E-state index in [1.54, 1.807) is 0 Å². The maximum Gasteiger partial charge on any atom is 0.407 e. The zero-order valence-electron chi connectivity index (χ0n) is 13.8. The number of amides is 1. The molecule has 2 atom stereocenters. The van der Waals surface area contributed by atoms with Crippen LogP contribution in [0.4, 0.5) is 10.5 Å². The Hall–Kier alpha value is -0.940. The summed E-state index contributed by atoms with van der Waals surface area (Å²) >= 11 is 9.54. The fourth-order valence-corrected chi connectivity index (χ4v) is 3.23. The van der Waals surface area contributed by atoms with Crippen molar-refractivity contribution in [3.63, 3.8) is 0 Å². The number of alkyl carbamates (subject to hydrolysis) is 1. The highest BCUT2D eigenvalue weighted by atomic mass is 79.9. The number of anilines is 1. The summed E-state index contributed by atoms with van der Waals surface area (Å²) in [7, 11) is 0. The Morgan fingerprint density at radius 1 is 1.39 bits per heavy atom. The van der Waals surface area contributed by atoms with E-state index in [2.05, 4.69) is 26.6 Å². The molecular weight excluding hydrogens is 380 g/mol. The van der Waals surface area contributed by atoms with E-state index < -0.39 is 5.60 Å². The van der Waals surface area contributed by atoms with Crippen LogP contribution in [0.3, 0.4) is 0 Å². The third-order valence-electron chi connectivity index (χ3n) is 3.84. The quantitative estimate of drug-likeness (QED) is 0.725. The van der Waals surface area contributed by atoms with Crippen molar-refractivity contribution < 1.29 is 9.53 Å². The van der Waals surface area contributed by atoms with Gasteiger partial charge in [-0.25, -0.2) is 4.79 Å². The molecule has 0 aliphatic heterocycles. The molecule has 1 aliphatic carbocycles. The molecular formula is C17H24BrClN2O2. The molecule has 0 radical (unpaired) electrons. The van der Waals surface area contributed by atoms with Crippen LogP contribution in [0.15, 0.2) is 22.7 Å². The molecule has 23 heavy (non-hydrogen) atoms. The number of halogens is 2. The molecule has 2 rings (SSSR count). The van der Waals surface area contributed by atoms with Crippen LogP contribution >= 0.6 is 27.5 Å². The van der Waals surface area contributed by atoms with Gasteiger partial charge in [-0.3, -0.25) is 0 Å². The van der Waals surface area contributed by atoms with E-state index in [9.17, 15) is 4.79 Å². The maximum absolute atomic E-state index is 11.8. The number of nitrogens with one attached hydrogen (secondary N) is 2. The topological polar surface area (TPSA) is 50.4 Å². The van der Waals surface area contributed by atoms with Gasteiger partial charge in [0.2, 0.25) is 0 Å². The van der Waals surface area contributed by atoms with E-state index in [-0.39, 0.29) is 6.09 Å². The first-order valence-corrected chi connectivity index (χ1v) is 9.10. The molecule has 0 bridgehead atoms. The Balaban J connectivity index is 1.87. The summed E-state index contributed by atoms with van der Waals surface area (Å²) in [5.74, 6) is 0.393. The largest absolute Gasteiger partial charge is 0.444 e. The number of benzene rings is 1. The summed E-state index contributed by atoms with van der Waals surface area (Å²) in [6.07, 6.45) is 2.99. The van der Waals surface area contributed by atoms with Crippen LogP contribution in [-0.4, -0.2) is 24.3 Å². The van der Waals surface area contributed by atoms with Crippen LogP contribution in [0.1, 0.15) is 40.0 Å². The van der Waals surface area contributed by atoms with E-state index in [1.807, 2.05) is 39.0 Å². The first-order chi connectivity index (χ1) is 10.7. The van der Waals surface area contributed by atoms with Gasteiger partial charge in [-0.1, -0.05) is 18.0 Å². The highest BCUT2D eigenvalue weighted by Gasteiger charge is 2.28.